The van der Waals surface area contributed by atoms with E-state index in [0.717, 1.165) is 0 Å². The Bertz CT molecular complexity index is 1060. The first-order chi connectivity index (χ1) is 14.9. The van der Waals surface area contributed by atoms with Crippen molar-refractivity contribution in [2.75, 3.05) is 18.9 Å². The number of ether oxygens (including phenoxy) is 2. The van der Waals surface area contributed by atoms with E-state index in [9.17, 15) is 22.3 Å². The van der Waals surface area contributed by atoms with Gasteiger partial charge in [0.25, 0.3) is 0 Å². The second-order valence-electron chi connectivity index (χ2n) is 8.48. The summed E-state index contributed by atoms with van der Waals surface area (Å²) in [6.45, 7) is 5.83. The number of carbonyl (C=O) groups is 1. The van der Waals surface area contributed by atoms with Gasteiger partial charge in [0.2, 0.25) is 0 Å². The van der Waals surface area contributed by atoms with E-state index in [2.05, 4.69) is 5.32 Å². The van der Waals surface area contributed by atoms with Gasteiger partial charge in [-0.05, 0) is 51.5 Å². The summed E-state index contributed by atoms with van der Waals surface area (Å²) < 4.78 is 58.7. The average molecular weight is 484 g/mol. The molecule has 0 saturated carbocycles. The van der Waals surface area contributed by atoms with E-state index in [4.69, 9.17) is 9.47 Å². The lowest BCUT2D eigenvalue weighted by Gasteiger charge is -2.27. The smallest absolute Gasteiger partial charge is 0.407 e. The zero-order valence-corrected chi connectivity index (χ0v) is 19.9. The summed E-state index contributed by atoms with van der Waals surface area (Å²) in [7, 11) is -7.13. The van der Waals surface area contributed by atoms with Crippen molar-refractivity contribution in [1.29, 1.82) is 0 Å². The van der Waals surface area contributed by atoms with E-state index in [1.165, 1.54) is 18.2 Å². The lowest BCUT2D eigenvalue weighted by Crippen LogP contribution is -2.33. The van der Waals surface area contributed by atoms with Gasteiger partial charge in [0.15, 0.2) is 9.84 Å². The molecule has 0 aromatic heterocycles. The van der Waals surface area contributed by atoms with Gasteiger partial charge in [-0.1, -0.05) is 24.3 Å². The maximum absolute atomic E-state index is 13.3. The van der Waals surface area contributed by atoms with Gasteiger partial charge in [0.05, 0.1) is 22.2 Å². The molecule has 1 amide bonds. The van der Waals surface area contributed by atoms with Crippen molar-refractivity contribution in [3.8, 4) is 5.75 Å². The van der Waals surface area contributed by atoms with E-state index in [0.29, 0.717) is 18.7 Å². The second kappa shape index (κ2) is 9.30. The van der Waals surface area contributed by atoms with E-state index >= 15 is 0 Å². The fraction of sp³-hybridized carbons (Fsp3) is 0.409. The molecule has 2 aromatic carbocycles. The number of amides is 1. The Morgan fingerprint density at radius 2 is 1.81 bits per heavy atom. The fourth-order valence-electron chi connectivity index (χ4n) is 3.41. The van der Waals surface area contributed by atoms with Gasteiger partial charge >= 0.3 is 6.09 Å². The minimum atomic E-state index is -3.86. The molecule has 1 unspecified atom stereocenters. The van der Waals surface area contributed by atoms with Gasteiger partial charge in [-0.2, -0.15) is 10.6 Å². The summed E-state index contributed by atoms with van der Waals surface area (Å²) >= 11 is 0. The normalized spacial score (nSPS) is 18.5. The predicted molar refractivity (Wildman–Crippen MR) is 123 cm³/mol. The van der Waals surface area contributed by atoms with Gasteiger partial charge in [0, 0.05) is 12.1 Å². The highest BCUT2D eigenvalue weighted by Gasteiger charge is 2.45. The first kappa shape index (κ1) is 24.4. The molecule has 8 nitrogen and oxygen atoms in total. The third-order valence-corrected chi connectivity index (χ3v) is 8.93. The molecule has 2 aromatic rings. The van der Waals surface area contributed by atoms with Crippen LogP contribution in [-0.4, -0.2) is 48.1 Å². The van der Waals surface area contributed by atoms with Gasteiger partial charge in [-0.25, -0.2) is 13.2 Å². The third kappa shape index (κ3) is 5.55. The lowest BCUT2D eigenvalue weighted by atomic mass is 10.1. The Kier molecular flexibility index (Phi) is 7.09. The van der Waals surface area contributed by atoms with E-state index in [1.807, 2.05) is 0 Å². The van der Waals surface area contributed by atoms with Crippen LogP contribution in [0.15, 0.2) is 58.3 Å². The number of rotatable bonds is 7. The van der Waals surface area contributed by atoms with Crippen LogP contribution < -0.4 is 10.1 Å². The Morgan fingerprint density at radius 3 is 2.47 bits per heavy atom. The summed E-state index contributed by atoms with van der Waals surface area (Å²) in [5.41, 5.74) is -0.301. The first-order valence-corrected chi connectivity index (χ1v) is 13.5. The van der Waals surface area contributed by atoms with Crippen molar-refractivity contribution in [3.63, 3.8) is 0 Å². The highest BCUT2D eigenvalue weighted by atomic mass is 32.3. The molecular weight excluding hydrogens is 454 g/mol. The van der Waals surface area contributed by atoms with Gasteiger partial charge in [0.1, 0.15) is 16.6 Å². The molecule has 0 spiro atoms. The summed E-state index contributed by atoms with van der Waals surface area (Å²) in [6.07, 6.45) is -0.0732. The number of fused-ring (bicyclic) bond motifs is 1. The molecule has 10 heteroatoms. The molecule has 32 heavy (non-hydrogen) atoms. The second-order valence-corrected chi connectivity index (χ2v) is 12.7. The van der Waals surface area contributed by atoms with Crippen molar-refractivity contribution in [2.24, 2.45) is 0 Å². The molecule has 0 saturated heterocycles. The number of carbonyl (C=O) groups excluding carboxylic acids is 1. The van der Waals surface area contributed by atoms with Crippen LogP contribution in [0.25, 0.3) is 0 Å². The van der Waals surface area contributed by atoms with Crippen LogP contribution in [0.3, 0.4) is 0 Å². The SMILES string of the molecule is CC(C)(C)OC(=O)NCCCOc1cccc2c1C(S(=O)(=O)c1ccccc1)CS2(O)O. The molecule has 1 heterocycles. The zero-order chi connectivity index (χ0) is 23.6. The Hall–Kier alpha value is -2.27. The fourth-order valence-corrected chi connectivity index (χ4v) is 7.85. The van der Waals surface area contributed by atoms with E-state index in [1.54, 1.807) is 51.1 Å². The molecule has 0 bridgehead atoms. The number of nitrogens with one attached hydrogen (secondary N) is 1. The quantitative estimate of drug-likeness (QED) is 0.491. The standard InChI is InChI=1S/C22H29NO7S2/c1-22(2,3)30-21(24)23-13-8-14-29-17-11-7-12-18-20(17)19(15-31(18,25)26)32(27,28)16-9-5-4-6-10-16/h4-7,9-12,19,25-26H,8,13-15H2,1-3H3,(H,23,24). The third-order valence-electron chi connectivity index (χ3n) is 4.78. The highest BCUT2D eigenvalue weighted by Crippen LogP contribution is 2.63. The largest absolute Gasteiger partial charge is 0.493 e. The maximum atomic E-state index is 13.3. The van der Waals surface area contributed by atoms with Gasteiger partial charge < -0.3 is 14.8 Å². The number of sulfone groups is 1. The Morgan fingerprint density at radius 1 is 1.12 bits per heavy atom. The minimum absolute atomic E-state index is 0.115. The summed E-state index contributed by atoms with van der Waals surface area (Å²) in [5.74, 6) is -0.0121. The van der Waals surface area contributed by atoms with Gasteiger partial charge in [-0.15, -0.1) is 0 Å². The van der Waals surface area contributed by atoms with Crippen LogP contribution in [0.5, 0.6) is 5.75 Å². The van der Waals surface area contributed by atoms with Gasteiger partial charge in [-0.3, -0.25) is 9.11 Å². The van der Waals surface area contributed by atoms with Crippen LogP contribution in [0, 0.1) is 0 Å². The van der Waals surface area contributed by atoms with Crippen LogP contribution in [0.2, 0.25) is 0 Å². The molecule has 1 aliphatic rings. The van der Waals surface area contributed by atoms with Crippen molar-refractivity contribution >= 4 is 26.5 Å². The Balaban J connectivity index is 1.74. The van der Waals surface area contributed by atoms with Crippen molar-refractivity contribution in [3.05, 3.63) is 54.1 Å². The number of hydrogen-bond donors (Lipinski definition) is 3. The minimum Gasteiger partial charge on any atom is -0.493 e. The van der Waals surface area contributed by atoms with E-state index in [-0.39, 0.29) is 27.7 Å². The summed E-state index contributed by atoms with van der Waals surface area (Å²) in [6, 6.07) is 12.7. The summed E-state index contributed by atoms with van der Waals surface area (Å²) in [4.78, 5) is 12.0. The molecule has 3 rings (SSSR count). The predicted octanol–water partition coefficient (Wildman–Crippen LogP) is 4.62. The molecule has 176 valence electrons. The number of benzene rings is 2. The monoisotopic (exact) mass is 483 g/mol. The van der Waals surface area contributed by atoms with Crippen molar-refractivity contribution in [2.45, 2.75) is 47.8 Å². The topological polar surface area (TPSA) is 122 Å². The van der Waals surface area contributed by atoms with E-state index < -0.39 is 37.4 Å². The van der Waals surface area contributed by atoms with Crippen LogP contribution in [-0.2, 0) is 14.6 Å². The highest BCUT2D eigenvalue weighted by molar-refractivity contribution is 8.25. The lowest BCUT2D eigenvalue weighted by molar-refractivity contribution is 0.0525. The molecular formula is C22H29NO7S2. The molecule has 3 N–H and O–H groups in total. The molecule has 0 fully saturated rings. The maximum Gasteiger partial charge on any atom is 0.407 e. The number of alkyl carbamates (subject to hydrolysis) is 1. The van der Waals surface area contributed by atoms with Crippen LogP contribution >= 0.6 is 10.6 Å². The summed E-state index contributed by atoms with van der Waals surface area (Å²) in [5, 5.41) is 1.51. The molecule has 1 aliphatic heterocycles. The average Bonchev–Trinajstić information content (AvgIpc) is 2.99. The van der Waals surface area contributed by atoms with Crippen LogP contribution in [0.1, 0.15) is 38.0 Å². The molecule has 0 aliphatic carbocycles. The zero-order valence-electron chi connectivity index (χ0n) is 18.3. The first-order valence-electron chi connectivity index (χ1n) is 10.2. The molecule has 1 atom stereocenters. The van der Waals surface area contributed by atoms with Crippen molar-refractivity contribution in [1.82, 2.24) is 5.32 Å². The number of hydrogen-bond acceptors (Lipinski definition) is 7. The van der Waals surface area contributed by atoms with Crippen LogP contribution in [0.4, 0.5) is 4.79 Å². The van der Waals surface area contributed by atoms with Crippen molar-refractivity contribution < 1.29 is 31.8 Å². The molecule has 0 radical (unpaired) electrons. The Labute approximate surface area is 190 Å².